The van der Waals surface area contributed by atoms with E-state index in [1.807, 2.05) is 11.8 Å². The largest absolute Gasteiger partial charge is 0.367 e. The number of piperazine rings is 1. The van der Waals surface area contributed by atoms with Crippen LogP contribution in [0.5, 0.6) is 0 Å². The molecule has 2 aromatic rings. The molecule has 0 bridgehead atoms. The average molecular weight is 362 g/mol. The second kappa shape index (κ2) is 7.50. The van der Waals surface area contributed by atoms with Crippen LogP contribution in [0, 0.1) is 17.5 Å². The lowest BCUT2D eigenvalue weighted by atomic mass is 10.1. The fourth-order valence-electron chi connectivity index (χ4n) is 3.32. The Kier molecular flexibility index (Phi) is 5.32. The molecule has 1 unspecified atom stereocenters. The number of hydrogen-bond donors (Lipinski definition) is 0. The molecule has 1 aliphatic heterocycles. The van der Waals surface area contributed by atoms with E-state index in [-0.39, 0.29) is 11.8 Å². The van der Waals surface area contributed by atoms with Gasteiger partial charge in [-0.2, -0.15) is 0 Å². The Morgan fingerprint density at radius 1 is 0.923 bits per heavy atom. The molecular weight excluding hydrogens is 341 g/mol. The number of rotatable bonds is 4. The molecule has 0 radical (unpaired) electrons. The van der Waals surface area contributed by atoms with Gasteiger partial charge in [-0.15, -0.1) is 0 Å². The van der Waals surface area contributed by atoms with Crippen LogP contribution in [0.2, 0.25) is 0 Å². The van der Waals surface area contributed by atoms with Gasteiger partial charge in [-0.1, -0.05) is 6.07 Å². The minimum Gasteiger partial charge on any atom is -0.367 e. The first-order valence-corrected chi connectivity index (χ1v) is 8.61. The fraction of sp³-hybridized carbons (Fsp3) is 0.350. The Balaban J connectivity index is 1.67. The lowest BCUT2D eigenvalue weighted by molar-refractivity contribution is 0.101. The van der Waals surface area contributed by atoms with Crippen LogP contribution in [0.1, 0.15) is 35.8 Å². The lowest BCUT2D eigenvalue weighted by Crippen LogP contribution is -2.47. The monoisotopic (exact) mass is 362 g/mol. The predicted molar refractivity (Wildman–Crippen MR) is 95.0 cm³/mol. The summed E-state index contributed by atoms with van der Waals surface area (Å²) < 4.78 is 40.9. The van der Waals surface area contributed by atoms with Crippen molar-refractivity contribution in [1.82, 2.24) is 4.90 Å². The number of benzene rings is 2. The van der Waals surface area contributed by atoms with Gasteiger partial charge in [0.1, 0.15) is 5.82 Å². The highest BCUT2D eigenvalue weighted by Crippen LogP contribution is 2.26. The van der Waals surface area contributed by atoms with Crippen LogP contribution in [0.25, 0.3) is 0 Å². The molecule has 0 saturated carbocycles. The first-order valence-electron chi connectivity index (χ1n) is 8.61. The van der Waals surface area contributed by atoms with Gasteiger partial charge in [0.15, 0.2) is 17.4 Å². The molecule has 138 valence electrons. The average Bonchev–Trinajstić information content (AvgIpc) is 2.63. The highest BCUT2D eigenvalue weighted by atomic mass is 19.2. The number of nitrogens with zero attached hydrogens (tertiary/aromatic N) is 2. The summed E-state index contributed by atoms with van der Waals surface area (Å²) in [5.41, 5.74) is 1.56. The van der Waals surface area contributed by atoms with Gasteiger partial charge in [0.05, 0.1) is 5.69 Å². The van der Waals surface area contributed by atoms with Gasteiger partial charge in [-0.25, -0.2) is 13.2 Å². The molecule has 6 heteroatoms. The number of carbonyl (C=O) groups is 1. The van der Waals surface area contributed by atoms with Crippen molar-refractivity contribution in [2.24, 2.45) is 0 Å². The number of carbonyl (C=O) groups excluding carboxylic acids is 1. The van der Waals surface area contributed by atoms with E-state index >= 15 is 0 Å². The zero-order valence-electron chi connectivity index (χ0n) is 14.8. The predicted octanol–water partition coefficient (Wildman–Crippen LogP) is 4.19. The summed E-state index contributed by atoms with van der Waals surface area (Å²) in [6.07, 6.45) is 0. The number of Topliss-reactive ketones (excluding diaryl/α,β-unsaturated/α-hetero) is 1. The molecule has 1 aliphatic rings. The van der Waals surface area contributed by atoms with Crippen LogP contribution in [0.3, 0.4) is 0 Å². The molecule has 1 saturated heterocycles. The third kappa shape index (κ3) is 3.75. The topological polar surface area (TPSA) is 23.6 Å². The Labute approximate surface area is 151 Å². The van der Waals surface area contributed by atoms with Crippen LogP contribution in [-0.4, -0.2) is 36.9 Å². The van der Waals surface area contributed by atoms with Crippen LogP contribution >= 0.6 is 0 Å². The van der Waals surface area contributed by atoms with E-state index in [0.717, 1.165) is 6.07 Å². The van der Waals surface area contributed by atoms with Crippen LogP contribution < -0.4 is 4.90 Å². The van der Waals surface area contributed by atoms with Crippen LogP contribution in [-0.2, 0) is 0 Å². The quantitative estimate of drug-likeness (QED) is 0.762. The van der Waals surface area contributed by atoms with Crippen molar-refractivity contribution < 1.29 is 18.0 Å². The molecule has 0 N–H and O–H groups in total. The summed E-state index contributed by atoms with van der Waals surface area (Å²) >= 11 is 0. The molecule has 1 fully saturated rings. The summed E-state index contributed by atoms with van der Waals surface area (Å²) in [6, 6.07) is 8.45. The molecule has 1 atom stereocenters. The summed E-state index contributed by atoms with van der Waals surface area (Å²) in [6.45, 7) is 5.94. The molecule has 0 spiro atoms. The summed E-state index contributed by atoms with van der Waals surface area (Å²) in [5, 5.41) is 0. The molecule has 26 heavy (non-hydrogen) atoms. The summed E-state index contributed by atoms with van der Waals surface area (Å²) in [5.74, 6) is -2.27. The highest BCUT2D eigenvalue weighted by molar-refractivity contribution is 5.94. The van der Waals surface area contributed by atoms with Crippen molar-refractivity contribution in [1.29, 1.82) is 0 Å². The first kappa shape index (κ1) is 18.5. The number of ketones is 1. The standard InChI is InChI=1S/C20H21F3N2O/c1-13(15-3-5-17(21)18(22)11-15)24-7-9-25(10-8-24)20-6-4-16(14(2)26)12-19(20)23/h3-6,11-13H,7-10H2,1-2H3. The normalized spacial score (nSPS) is 16.6. The van der Waals surface area contributed by atoms with E-state index in [1.54, 1.807) is 18.2 Å². The van der Waals surface area contributed by atoms with Crippen molar-refractivity contribution in [3.8, 4) is 0 Å². The maximum absolute atomic E-state index is 14.3. The van der Waals surface area contributed by atoms with Gasteiger partial charge < -0.3 is 4.90 Å². The zero-order chi connectivity index (χ0) is 18.8. The lowest BCUT2D eigenvalue weighted by Gasteiger charge is -2.39. The number of hydrogen-bond acceptors (Lipinski definition) is 3. The van der Waals surface area contributed by atoms with Crippen LogP contribution in [0.4, 0.5) is 18.9 Å². The molecule has 0 amide bonds. The minimum atomic E-state index is -0.852. The Hall–Kier alpha value is -2.34. The van der Waals surface area contributed by atoms with E-state index in [4.69, 9.17) is 0 Å². The third-order valence-corrected chi connectivity index (χ3v) is 4.98. The van der Waals surface area contributed by atoms with Crippen molar-refractivity contribution >= 4 is 11.5 Å². The van der Waals surface area contributed by atoms with E-state index in [2.05, 4.69) is 4.90 Å². The van der Waals surface area contributed by atoms with Gasteiger partial charge in [0.2, 0.25) is 0 Å². The fourth-order valence-corrected chi connectivity index (χ4v) is 3.32. The molecule has 2 aromatic carbocycles. The molecular formula is C20H21F3N2O. The molecule has 1 heterocycles. The second-order valence-corrected chi connectivity index (χ2v) is 6.59. The van der Waals surface area contributed by atoms with Gasteiger partial charge in [-0.3, -0.25) is 9.69 Å². The number of anilines is 1. The first-order chi connectivity index (χ1) is 12.4. The van der Waals surface area contributed by atoms with E-state index in [9.17, 15) is 18.0 Å². The van der Waals surface area contributed by atoms with E-state index < -0.39 is 17.5 Å². The number of halogens is 3. The smallest absolute Gasteiger partial charge is 0.159 e. The summed E-state index contributed by atoms with van der Waals surface area (Å²) in [7, 11) is 0. The second-order valence-electron chi connectivity index (χ2n) is 6.59. The maximum atomic E-state index is 14.3. The summed E-state index contributed by atoms with van der Waals surface area (Å²) in [4.78, 5) is 15.4. The van der Waals surface area contributed by atoms with Crippen molar-refractivity contribution in [2.75, 3.05) is 31.1 Å². The van der Waals surface area contributed by atoms with Crippen molar-refractivity contribution in [3.05, 3.63) is 65.0 Å². The van der Waals surface area contributed by atoms with Crippen LogP contribution in [0.15, 0.2) is 36.4 Å². The third-order valence-electron chi connectivity index (χ3n) is 4.98. The van der Waals surface area contributed by atoms with Gasteiger partial charge in [0, 0.05) is 37.8 Å². The molecule has 0 aliphatic carbocycles. The van der Waals surface area contributed by atoms with Gasteiger partial charge in [-0.05, 0) is 49.7 Å². The van der Waals surface area contributed by atoms with Gasteiger partial charge in [0.25, 0.3) is 0 Å². The van der Waals surface area contributed by atoms with Gasteiger partial charge >= 0.3 is 0 Å². The molecule has 3 rings (SSSR count). The Bertz CT molecular complexity index is 817. The van der Waals surface area contributed by atoms with Crippen molar-refractivity contribution in [3.63, 3.8) is 0 Å². The Morgan fingerprint density at radius 3 is 2.19 bits per heavy atom. The van der Waals surface area contributed by atoms with Crippen molar-refractivity contribution in [2.45, 2.75) is 19.9 Å². The maximum Gasteiger partial charge on any atom is 0.159 e. The minimum absolute atomic E-state index is 0.0582. The highest BCUT2D eigenvalue weighted by Gasteiger charge is 2.24. The zero-order valence-corrected chi connectivity index (χ0v) is 14.8. The molecule has 0 aromatic heterocycles. The van der Waals surface area contributed by atoms with E-state index in [1.165, 1.54) is 19.1 Å². The Morgan fingerprint density at radius 2 is 1.62 bits per heavy atom. The van der Waals surface area contributed by atoms with E-state index in [0.29, 0.717) is 43.0 Å². The SMILES string of the molecule is CC(=O)c1ccc(N2CCN(C(C)c3ccc(F)c(F)c3)CC2)c(F)c1. The molecule has 3 nitrogen and oxygen atoms in total.